The predicted octanol–water partition coefficient (Wildman–Crippen LogP) is 24.8. The lowest BCUT2D eigenvalue weighted by Crippen LogP contribution is -2.35. The summed E-state index contributed by atoms with van der Waals surface area (Å²) in [5, 5.41) is 6.45. The van der Waals surface area contributed by atoms with Gasteiger partial charge >= 0.3 is 0 Å². The molecule has 5 heterocycles. The highest BCUT2D eigenvalue weighted by Gasteiger charge is 2.46. The van der Waals surface area contributed by atoms with Gasteiger partial charge in [-0.1, -0.05) is 242 Å². The zero-order chi connectivity index (χ0) is 76.7. The minimum atomic E-state index is -0.572. The maximum atomic E-state index is 16.3. The van der Waals surface area contributed by atoms with E-state index in [1.807, 2.05) is 24.3 Å². The summed E-state index contributed by atoms with van der Waals surface area (Å²) in [5.41, 5.74) is 21.7. The highest BCUT2D eigenvalue weighted by molar-refractivity contribution is 6.39. The summed E-state index contributed by atoms with van der Waals surface area (Å²) in [6.45, 7) is 47.1. The predicted molar refractivity (Wildman–Crippen MR) is 448 cm³/mol. The van der Waals surface area contributed by atoms with Crippen LogP contribution in [0, 0.1) is 0 Å². The highest BCUT2D eigenvalue weighted by Crippen LogP contribution is 2.55. The third-order valence-corrected chi connectivity index (χ3v) is 23.7. The van der Waals surface area contributed by atoms with Crippen LogP contribution in [-0.4, -0.2) is 37.3 Å². The monoisotopic (exact) mass is 1420 g/mol. The molecule has 14 aromatic rings. The molecule has 11 aromatic carbocycles. The van der Waals surface area contributed by atoms with E-state index in [0.717, 1.165) is 98.9 Å². The second kappa shape index (κ2) is 23.3. The van der Waals surface area contributed by atoms with E-state index >= 15 is 19.2 Å². The fourth-order valence-corrected chi connectivity index (χ4v) is 17.3. The molecular weight excluding hydrogens is 1320 g/mol. The number of nitrogens with zero attached hydrogens (tertiary/aromatic N) is 5. The van der Waals surface area contributed by atoms with Crippen LogP contribution in [0.4, 0.5) is 11.4 Å². The van der Waals surface area contributed by atoms with Crippen molar-refractivity contribution in [3.8, 4) is 28.2 Å². The van der Waals surface area contributed by atoms with Crippen molar-refractivity contribution in [3.05, 3.63) is 278 Å². The van der Waals surface area contributed by atoms with Crippen LogP contribution < -0.4 is 9.80 Å². The minimum Gasteiger partial charge on any atom is -0.309 e. The first-order valence-electron chi connectivity index (χ1n) is 38.4. The Morgan fingerprint density at radius 1 is 0.213 bits per heavy atom. The van der Waals surface area contributed by atoms with Crippen molar-refractivity contribution in [1.82, 2.24) is 13.7 Å². The van der Waals surface area contributed by atoms with Crippen molar-refractivity contribution in [2.24, 2.45) is 0 Å². The Kier molecular flexibility index (Phi) is 15.1. The van der Waals surface area contributed by atoms with Crippen LogP contribution in [-0.2, 0) is 37.9 Å². The van der Waals surface area contributed by atoms with Gasteiger partial charge in [0.1, 0.15) is 0 Å². The van der Waals surface area contributed by atoms with E-state index in [9.17, 15) is 0 Å². The van der Waals surface area contributed by atoms with Gasteiger partial charge in [0, 0.05) is 38.2 Å². The standard InChI is InChI=1S/C99H97N5O4/c1-93(2,3)55-30-37-63-65(44-55)66-45-56(94(4,5)6)31-38-64(66)88(63)76-51-72-73(52-85(76)100-79-40-33-58(96(10,11)12)47-68(79)69-48-59(97(13,14)15)34-41-80(69)100)90(106)103(89(72)105)83-28-24-25-29-84(83)104-91(107)74-53-86(101-77-27-23-22-26-62(77)67-46-57(95(7,8)9)32-39-78(67)101)87(54-75(74)92(104)108)102-81-42-35-60(98(16,17)18)49-70(81)71-50-61(99(19,20)21)36-43-82(71)102/h22-54,88H,1-21H3. The van der Waals surface area contributed by atoms with Gasteiger partial charge in [0.15, 0.2) is 0 Å². The summed E-state index contributed by atoms with van der Waals surface area (Å²) in [7, 11) is 0. The maximum Gasteiger partial charge on any atom is 0.266 e. The molecule has 0 saturated heterocycles. The lowest BCUT2D eigenvalue weighted by molar-refractivity contribution is 0.0904. The summed E-state index contributed by atoms with van der Waals surface area (Å²) < 4.78 is 6.86. The Morgan fingerprint density at radius 2 is 0.463 bits per heavy atom. The number of imide groups is 2. The molecule has 0 atom stereocenters. The molecule has 108 heavy (non-hydrogen) atoms. The summed E-state index contributed by atoms with van der Waals surface area (Å²) in [4.78, 5) is 67.5. The fourth-order valence-electron chi connectivity index (χ4n) is 17.3. The van der Waals surface area contributed by atoms with E-state index in [0.29, 0.717) is 11.4 Å². The SMILES string of the molecule is CC(C)(C)c1ccc2c(c1)-c1cc(C(C)(C)C)ccc1C2c1cc2c(cc1-n1c3ccc(C(C)(C)C)cc3c3cc(C(C)(C)C)ccc31)C(=O)N(c1ccccc1N1C(=O)c3cc(-n4c5ccccc5c5cc(C(C)(C)C)ccc54)c(-n4c5ccc(C(C)(C)C)cc5c5cc(C(C)(C)C)ccc54)cc3C1=O)C2=O. The molecule has 2 aliphatic heterocycles. The summed E-state index contributed by atoms with van der Waals surface area (Å²) in [6, 6.07) is 70.7. The van der Waals surface area contributed by atoms with Gasteiger partial charge in [-0.3, -0.25) is 19.2 Å². The second-order valence-electron chi connectivity index (χ2n) is 38.2. The molecule has 3 aliphatic rings. The molecule has 0 unspecified atom stereocenters. The van der Waals surface area contributed by atoms with Crippen LogP contribution in [0.2, 0.25) is 0 Å². The zero-order valence-corrected chi connectivity index (χ0v) is 66.5. The van der Waals surface area contributed by atoms with Crippen LogP contribution in [0.3, 0.4) is 0 Å². The molecule has 0 saturated carbocycles. The number of aromatic nitrogens is 3. The summed E-state index contributed by atoms with van der Waals surface area (Å²) in [6.07, 6.45) is 0. The fraction of sp³-hybridized carbons (Fsp3) is 0.293. The van der Waals surface area contributed by atoms with Gasteiger partial charge in [-0.2, -0.15) is 0 Å². The van der Waals surface area contributed by atoms with Gasteiger partial charge in [-0.05, 0) is 208 Å². The van der Waals surface area contributed by atoms with E-state index in [4.69, 9.17) is 0 Å². The maximum absolute atomic E-state index is 16.3. The first-order valence-corrected chi connectivity index (χ1v) is 38.4. The van der Waals surface area contributed by atoms with Crippen LogP contribution >= 0.6 is 0 Å². The number of fused-ring (bicyclic) bond motifs is 14. The summed E-state index contributed by atoms with van der Waals surface area (Å²) >= 11 is 0. The van der Waals surface area contributed by atoms with Gasteiger partial charge in [0.2, 0.25) is 0 Å². The van der Waals surface area contributed by atoms with Crippen molar-refractivity contribution in [3.63, 3.8) is 0 Å². The molecule has 9 nitrogen and oxygen atoms in total. The number of hydrogen-bond donors (Lipinski definition) is 0. The molecule has 0 N–H and O–H groups in total. The van der Waals surface area contributed by atoms with E-state index in [1.54, 1.807) is 24.3 Å². The topological polar surface area (TPSA) is 89.6 Å². The smallest absolute Gasteiger partial charge is 0.266 e. The van der Waals surface area contributed by atoms with E-state index < -0.39 is 23.6 Å². The Hall–Kier alpha value is -10.9. The van der Waals surface area contributed by atoms with Crippen molar-refractivity contribution in [2.75, 3.05) is 9.80 Å². The Bertz CT molecular complexity index is 6120. The van der Waals surface area contributed by atoms with Gasteiger partial charge in [0.25, 0.3) is 23.6 Å². The van der Waals surface area contributed by atoms with Crippen LogP contribution in [0.5, 0.6) is 0 Å². The largest absolute Gasteiger partial charge is 0.309 e. The van der Waals surface area contributed by atoms with Gasteiger partial charge in [-0.25, -0.2) is 9.80 Å². The number of carbonyl (C=O) groups excluding carboxylic acids is 4. The number of amides is 4. The molecule has 3 aromatic heterocycles. The Balaban J connectivity index is 0.874. The molecule has 4 amide bonds. The van der Waals surface area contributed by atoms with Crippen LogP contribution in [0.1, 0.15) is 248 Å². The second-order valence-corrected chi connectivity index (χ2v) is 38.2. The van der Waals surface area contributed by atoms with Gasteiger partial charge in [-0.15, -0.1) is 0 Å². The third-order valence-electron chi connectivity index (χ3n) is 23.7. The third kappa shape index (κ3) is 10.7. The lowest BCUT2D eigenvalue weighted by Gasteiger charge is -2.24. The van der Waals surface area contributed by atoms with Crippen molar-refractivity contribution < 1.29 is 19.2 Å². The average molecular weight is 1420 g/mol. The number of anilines is 2. The Morgan fingerprint density at radius 3 is 0.787 bits per heavy atom. The van der Waals surface area contributed by atoms with Crippen molar-refractivity contribution >= 4 is 100 Å². The number of para-hydroxylation sites is 3. The first kappa shape index (κ1) is 70.1. The van der Waals surface area contributed by atoms with E-state index in [1.165, 1.54) is 48.7 Å². The Labute approximate surface area is 634 Å². The molecule has 17 rings (SSSR count). The molecule has 0 fully saturated rings. The van der Waals surface area contributed by atoms with Crippen molar-refractivity contribution in [1.29, 1.82) is 0 Å². The van der Waals surface area contributed by atoms with E-state index in [-0.39, 0.29) is 77.5 Å². The zero-order valence-electron chi connectivity index (χ0n) is 66.5. The average Bonchev–Trinajstić information content (AvgIpc) is 1.55. The van der Waals surface area contributed by atoms with Gasteiger partial charge in [0.05, 0.1) is 83.8 Å². The van der Waals surface area contributed by atoms with Crippen LogP contribution in [0.15, 0.2) is 200 Å². The van der Waals surface area contributed by atoms with Crippen molar-refractivity contribution in [2.45, 2.75) is 189 Å². The first-order chi connectivity index (χ1) is 50.7. The molecule has 0 bridgehead atoms. The molecule has 9 heteroatoms. The molecule has 0 radical (unpaired) electrons. The molecular formula is C99H97N5O4. The number of rotatable bonds is 6. The molecule has 0 spiro atoms. The van der Waals surface area contributed by atoms with Gasteiger partial charge < -0.3 is 13.7 Å². The highest BCUT2D eigenvalue weighted by atomic mass is 16.2. The number of hydrogen-bond acceptors (Lipinski definition) is 4. The molecule has 1 aliphatic carbocycles. The number of carbonyl (C=O) groups is 4. The number of benzene rings is 11. The lowest BCUT2D eigenvalue weighted by atomic mass is 9.82. The van der Waals surface area contributed by atoms with Crippen LogP contribution in [0.25, 0.3) is 93.6 Å². The normalized spacial score (nSPS) is 14.7. The summed E-state index contributed by atoms with van der Waals surface area (Å²) in [5.74, 6) is -2.63. The minimum absolute atomic E-state index is 0.115. The van der Waals surface area contributed by atoms with E-state index in [2.05, 4.69) is 311 Å². The molecule has 542 valence electrons. The quantitative estimate of drug-likeness (QED) is 0.155.